The van der Waals surface area contributed by atoms with Crippen LogP contribution in [-0.2, 0) is 35.3 Å². The SMILES string of the molecule is C[C@H](CO)N1C(=O)[C@@H]2[C@H]3C(=O)O[C@@H](c4ccccc4)CNC(=O)CC/C=C\CN(Cn4nnc5ccccc54)C(=O)[C@@H]1[C@]21C=C(Br)[C@H]3O1. The summed E-state index contributed by atoms with van der Waals surface area (Å²) in [6, 6.07) is 14.5. The average Bonchev–Trinajstić information content (AvgIpc) is 3.82. The van der Waals surface area contributed by atoms with E-state index in [1.54, 1.807) is 35.9 Å². The maximum atomic E-state index is 14.9. The van der Waals surface area contributed by atoms with E-state index in [-0.39, 0.29) is 32.1 Å². The first-order chi connectivity index (χ1) is 23.2. The number of rotatable bonds is 5. The van der Waals surface area contributed by atoms with Crippen molar-refractivity contribution in [3.8, 4) is 0 Å². The standard InChI is InChI=1S/C34H35BrN6O7/c1-20(18-42)41-30-32(45)39(19-40-24-13-8-7-12-23(24)37-38-40)15-9-3-6-14-26(43)36-17-25(21-10-4-2-5-11-21)47-33(46)27-28(31(41)44)34(30)16-22(35)29(27)48-34/h2-5,7-13,16,20,25,27-30,42H,6,14-15,17-19H2,1H3,(H,36,43)/b9-3-/t20-,25-,27-,28+,29-,30-,34+/m1/s1. The van der Waals surface area contributed by atoms with Gasteiger partial charge in [-0.05, 0) is 37.1 Å². The van der Waals surface area contributed by atoms with Gasteiger partial charge in [0.15, 0.2) is 0 Å². The number of esters is 1. The van der Waals surface area contributed by atoms with Crippen LogP contribution in [-0.4, -0.2) is 97.1 Å². The van der Waals surface area contributed by atoms with Gasteiger partial charge in [-0.15, -0.1) is 5.10 Å². The number of aliphatic hydroxyl groups excluding tert-OH is 1. The Morgan fingerprint density at radius 2 is 1.83 bits per heavy atom. The third-order valence-corrected chi connectivity index (χ3v) is 10.3. The molecular formula is C34H35BrN6O7. The number of carbonyl (C=O) groups excluding carboxylic acids is 4. The Balaban J connectivity index is 1.31. The average molecular weight is 720 g/mol. The number of likely N-dealkylation sites (tertiary alicyclic amines) is 1. The number of nitrogens with zero attached hydrogens (tertiary/aromatic N) is 5. The summed E-state index contributed by atoms with van der Waals surface area (Å²) in [5, 5.41) is 21.7. The van der Waals surface area contributed by atoms with Gasteiger partial charge in [0.2, 0.25) is 11.8 Å². The number of hydrogen-bond donors (Lipinski definition) is 2. The fourth-order valence-corrected chi connectivity index (χ4v) is 8.02. The summed E-state index contributed by atoms with van der Waals surface area (Å²) in [5.41, 5.74) is 0.531. The first-order valence-electron chi connectivity index (χ1n) is 16.0. The van der Waals surface area contributed by atoms with Crippen molar-refractivity contribution in [1.29, 1.82) is 0 Å². The predicted molar refractivity (Wildman–Crippen MR) is 175 cm³/mol. The van der Waals surface area contributed by atoms with Crippen LogP contribution in [0.15, 0.2) is 77.3 Å². The van der Waals surface area contributed by atoms with Gasteiger partial charge in [0, 0.05) is 17.4 Å². The molecular weight excluding hydrogens is 684 g/mol. The number of hydrogen-bond acceptors (Lipinski definition) is 9. The second kappa shape index (κ2) is 12.9. The molecule has 3 aromatic rings. The molecule has 4 aliphatic heterocycles. The lowest BCUT2D eigenvalue weighted by molar-refractivity contribution is -0.160. The van der Waals surface area contributed by atoms with E-state index in [9.17, 15) is 24.3 Å². The van der Waals surface area contributed by atoms with E-state index in [0.29, 0.717) is 27.5 Å². The molecule has 2 aromatic carbocycles. The maximum absolute atomic E-state index is 14.9. The topological polar surface area (TPSA) is 156 Å². The number of para-hydroxylation sites is 1. The molecule has 1 aromatic heterocycles. The van der Waals surface area contributed by atoms with Crippen molar-refractivity contribution in [1.82, 2.24) is 30.1 Å². The van der Waals surface area contributed by atoms with Crippen molar-refractivity contribution < 1.29 is 33.8 Å². The van der Waals surface area contributed by atoms with Gasteiger partial charge in [0.1, 0.15) is 42.0 Å². The molecule has 4 aliphatic rings. The molecule has 3 amide bonds. The van der Waals surface area contributed by atoms with Crippen LogP contribution >= 0.6 is 15.9 Å². The van der Waals surface area contributed by atoms with Gasteiger partial charge in [-0.2, -0.15) is 0 Å². The molecule has 13 nitrogen and oxygen atoms in total. The highest BCUT2D eigenvalue weighted by Gasteiger charge is 2.75. The second-order valence-electron chi connectivity index (χ2n) is 12.5. The third-order valence-electron chi connectivity index (χ3n) is 9.59. The van der Waals surface area contributed by atoms with E-state index in [1.807, 2.05) is 48.5 Å². The first-order valence-corrected chi connectivity index (χ1v) is 16.8. The number of carbonyl (C=O) groups is 4. The predicted octanol–water partition coefficient (Wildman–Crippen LogP) is 2.22. The Morgan fingerprint density at radius 3 is 2.62 bits per heavy atom. The summed E-state index contributed by atoms with van der Waals surface area (Å²) in [5.74, 6) is -4.03. The van der Waals surface area contributed by atoms with E-state index < -0.39 is 66.1 Å². The van der Waals surface area contributed by atoms with E-state index in [0.717, 1.165) is 0 Å². The van der Waals surface area contributed by atoms with E-state index in [4.69, 9.17) is 9.47 Å². The molecule has 2 saturated heterocycles. The minimum Gasteiger partial charge on any atom is -0.455 e. The van der Waals surface area contributed by atoms with Crippen molar-refractivity contribution in [2.75, 3.05) is 19.7 Å². The number of cyclic esters (lactones) is 1. The number of allylic oxidation sites excluding steroid dienone is 1. The number of amides is 3. The summed E-state index contributed by atoms with van der Waals surface area (Å²) < 4.78 is 14.8. The Labute approximate surface area is 284 Å². The zero-order valence-electron chi connectivity index (χ0n) is 26.1. The second-order valence-corrected chi connectivity index (χ2v) is 13.5. The van der Waals surface area contributed by atoms with Crippen molar-refractivity contribution in [2.45, 2.75) is 56.3 Å². The zero-order chi connectivity index (χ0) is 33.6. The molecule has 7 atom stereocenters. The van der Waals surface area contributed by atoms with Gasteiger partial charge in [0.05, 0.1) is 30.6 Å². The molecule has 5 bridgehead atoms. The quantitative estimate of drug-likeness (QED) is 0.298. The normalized spacial score (nSPS) is 30.6. The van der Waals surface area contributed by atoms with Crippen molar-refractivity contribution in [3.63, 3.8) is 0 Å². The summed E-state index contributed by atoms with van der Waals surface area (Å²) in [6.45, 7) is 1.40. The smallest absolute Gasteiger partial charge is 0.313 e. The number of nitrogens with one attached hydrogen (secondary N) is 1. The van der Waals surface area contributed by atoms with Crippen LogP contribution in [0.1, 0.15) is 31.4 Å². The number of fused-ring (bicyclic) bond motifs is 3. The highest BCUT2D eigenvalue weighted by molar-refractivity contribution is 9.11. The van der Waals surface area contributed by atoms with Crippen LogP contribution in [0.3, 0.4) is 0 Å². The van der Waals surface area contributed by atoms with Crippen LogP contribution in [0.2, 0.25) is 0 Å². The van der Waals surface area contributed by atoms with Crippen LogP contribution in [0.4, 0.5) is 0 Å². The Kier molecular flexibility index (Phi) is 8.64. The molecule has 0 radical (unpaired) electrons. The Hall–Kier alpha value is -4.40. The zero-order valence-corrected chi connectivity index (χ0v) is 27.7. The van der Waals surface area contributed by atoms with Crippen molar-refractivity contribution >= 4 is 50.7 Å². The summed E-state index contributed by atoms with van der Waals surface area (Å²) in [4.78, 5) is 59.2. The van der Waals surface area contributed by atoms with Gasteiger partial charge >= 0.3 is 5.97 Å². The van der Waals surface area contributed by atoms with Crippen LogP contribution in [0.25, 0.3) is 11.0 Å². The molecule has 2 N–H and O–H groups in total. The van der Waals surface area contributed by atoms with E-state index >= 15 is 0 Å². The van der Waals surface area contributed by atoms with Crippen molar-refractivity contribution in [3.05, 3.63) is 82.9 Å². The highest BCUT2D eigenvalue weighted by atomic mass is 79.9. The highest BCUT2D eigenvalue weighted by Crippen LogP contribution is 2.59. The summed E-state index contributed by atoms with van der Waals surface area (Å²) >= 11 is 3.56. The molecule has 0 saturated carbocycles. The fraction of sp³-hybridized carbons (Fsp3) is 0.412. The van der Waals surface area contributed by atoms with Crippen molar-refractivity contribution in [2.24, 2.45) is 11.8 Å². The van der Waals surface area contributed by atoms with E-state index in [1.165, 1.54) is 9.80 Å². The van der Waals surface area contributed by atoms with Crippen LogP contribution in [0, 0.1) is 11.8 Å². The molecule has 0 unspecified atom stereocenters. The Morgan fingerprint density at radius 1 is 1.06 bits per heavy atom. The molecule has 250 valence electrons. The molecule has 0 aliphatic carbocycles. The van der Waals surface area contributed by atoms with Gasteiger partial charge < -0.3 is 29.7 Å². The van der Waals surface area contributed by atoms with Gasteiger partial charge in [-0.1, -0.05) is 75.8 Å². The van der Waals surface area contributed by atoms with Gasteiger partial charge in [-0.3, -0.25) is 19.2 Å². The third kappa shape index (κ3) is 5.41. The number of aliphatic hydroxyl groups is 1. The largest absolute Gasteiger partial charge is 0.455 e. The number of halogens is 1. The van der Waals surface area contributed by atoms with Gasteiger partial charge in [-0.25, -0.2) is 4.68 Å². The number of aromatic nitrogens is 3. The Bertz CT molecular complexity index is 1810. The lowest BCUT2D eigenvalue weighted by Crippen LogP contribution is -2.58. The molecule has 2 fully saturated rings. The summed E-state index contributed by atoms with van der Waals surface area (Å²) in [7, 11) is 0. The molecule has 7 rings (SSSR count). The lowest BCUT2D eigenvalue weighted by atomic mass is 9.74. The maximum Gasteiger partial charge on any atom is 0.313 e. The van der Waals surface area contributed by atoms with Crippen LogP contribution < -0.4 is 5.32 Å². The lowest BCUT2D eigenvalue weighted by Gasteiger charge is -2.37. The summed E-state index contributed by atoms with van der Waals surface area (Å²) in [6.07, 6.45) is 4.23. The number of benzene rings is 2. The molecule has 14 heteroatoms. The van der Waals surface area contributed by atoms with Gasteiger partial charge in [0.25, 0.3) is 5.91 Å². The minimum atomic E-state index is -1.51. The molecule has 1 spiro atoms. The number of ether oxygens (including phenoxy) is 2. The molecule has 48 heavy (non-hydrogen) atoms. The molecule has 5 heterocycles. The van der Waals surface area contributed by atoms with E-state index in [2.05, 4.69) is 31.6 Å². The minimum absolute atomic E-state index is 0.00447. The first kappa shape index (κ1) is 32.2. The van der Waals surface area contributed by atoms with Crippen LogP contribution in [0.5, 0.6) is 0 Å². The fourth-order valence-electron chi connectivity index (χ4n) is 7.28. The monoisotopic (exact) mass is 718 g/mol.